The van der Waals surface area contributed by atoms with E-state index < -0.39 is 5.97 Å². The highest BCUT2D eigenvalue weighted by Gasteiger charge is 2.29. The van der Waals surface area contributed by atoms with E-state index in [1.54, 1.807) is 18.2 Å². The van der Waals surface area contributed by atoms with Crippen LogP contribution in [0, 0.1) is 5.92 Å². The molecule has 0 saturated heterocycles. The van der Waals surface area contributed by atoms with E-state index in [9.17, 15) is 9.59 Å². The van der Waals surface area contributed by atoms with Crippen LogP contribution in [0.3, 0.4) is 0 Å². The molecule has 1 amide bonds. The Bertz CT molecular complexity index is 1290. The van der Waals surface area contributed by atoms with E-state index >= 15 is 0 Å². The Balaban J connectivity index is 1.49. The maximum atomic E-state index is 13.2. The van der Waals surface area contributed by atoms with Gasteiger partial charge in [-0.25, -0.2) is 4.79 Å². The molecule has 0 bridgehead atoms. The fourth-order valence-electron chi connectivity index (χ4n) is 5.25. The van der Waals surface area contributed by atoms with E-state index in [2.05, 4.69) is 22.8 Å². The first-order valence-corrected chi connectivity index (χ1v) is 12.5. The van der Waals surface area contributed by atoms with E-state index in [-0.39, 0.29) is 11.9 Å². The minimum Gasteiger partial charge on any atom is -0.465 e. The number of nitrogens with one attached hydrogen (secondary N) is 2. The Morgan fingerprint density at radius 3 is 2.39 bits per heavy atom. The number of anilines is 2. The number of nitrogens with two attached hydrogens (primary N) is 1. The van der Waals surface area contributed by atoms with E-state index in [0.717, 1.165) is 22.4 Å². The summed E-state index contributed by atoms with van der Waals surface area (Å²) in [4.78, 5) is 25.1. The molecule has 1 saturated carbocycles. The van der Waals surface area contributed by atoms with Crippen molar-refractivity contribution in [3.05, 3.63) is 95.1 Å². The van der Waals surface area contributed by atoms with Crippen LogP contribution < -0.4 is 16.4 Å². The van der Waals surface area contributed by atoms with Gasteiger partial charge in [-0.1, -0.05) is 67.8 Å². The maximum Gasteiger partial charge on any atom is 0.337 e. The van der Waals surface area contributed by atoms with E-state index in [4.69, 9.17) is 10.5 Å². The molecule has 3 aromatic carbocycles. The summed E-state index contributed by atoms with van der Waals surface area (Å²) in [6.07, 6.45) is 6.21. The lowest BCUT2D eigenvalue weighted by Crippen LogP contribution is -2.23. The van der Waals surface area contributed by atoms with Gasteiger partial charge in [0, 0.05) is 17.3 Å². The van der Waals surface area contributed by atoms with Crippen LogP contribution in [0.1, 0.15) is 65.2 Å². The Hall–Kier alpha value is -3.90. The third-order valence-corrected chi connectivity index (χ3v) is 7.22. The number of rotatable bonds is 6. The summed E-state index contributed by atoms with van der Waals surface area (Å²) in [5, 5.41) is 6.39. The van der Waals surface area contributed by atoms with Crippen molar-refractivity contribution in [2.75, 3.05) is 17.7 Å². The molecule has 4 N–H and O–H groups in total. The van der Waals surface area contributed by atoms with Crippen LogP contribution >= 0.6 is 0 Å². The second-order valence-corrected chi connectivity index (χ2v) is 9.49. The summed E-state index contributed by atoms with van der Waals surface area (Å²) in [6, 6.07) is 23.1. The molecule has 1 aliphatic heterocycles. The van der Waals surface area contributed by atoms with Crippen LogP contribution in [0.4, 0.5) is 11.4 Å². The Kier molecular flexibility index (Phi) is 6.87. The number of hydrogen-bond donors (Lipinski definition) is 3. The third kappa shape index (κ3) is 4.77. The molecule has 1 aliphatic carbocycles. The number of carbonyl (C=O) groups is 2. The number of fused-ring (bicyclic) bond motifs is 1. The number of benzene rings is 3. The third-order valence-electron chi connectivity index (χ3n) is 7.22. The van der Waals surface area contributed by atoms with E-state index in [1.165, 1.54) is 39.2 Å². The number of methoxy groups -OCH3 is 1. The Morgan fingerprint density at radius 2 is 1.69 bits per heavy atom. The van der Waals surface area contributed by atoms with Gasteiger partial charge >= 0.3 is 5.97 Å². The smallest absolute Gasteiger partial charge is 0.337 e. The van der Waals surface area contributed by atoms with Crippen LogP contribution in [0.15, 0.2) is 72.8 Å². The van der Waals surface area contributed by atoms with Gasteiger partial charge in [0.2, 0.25) is 0 Å². The predicted octanol–water partition coefficient (Wildman–Crippen LogP) is 5.99. The molecule has 1 fully saturated rings. The number of hydrogen-bond acceptors (Lipinski definition) is 5. The van der Waals surface area contributed by atoms with Gasteiger partial charge in [0.15, 0.2) is 0 Å². The fourth-order valence-corrected chi connectivity index (χ4v) is 5.25. The molecule has 0 radical (unpaired) electrons. The molecule has 0 spiro atoms. The molecule has 36 heavy (non-hydrogen) atoms. The van der Waals surface area contributed by atoms with Crippen molar-refractivity contribution in [2.24, 2.45) is 11.7 Å². The molecule has 6 nitrogen and oxygen atoms in total. The summed E-state index contributed by atoms with van der Waals surface area (Å²) < 4.78 is 4.83. The van der Waals surface area contributed by atoms with Gasteiger partial charge in [0.05, 0.1) is 29.6 Å². The monoisotopic (exact) mass is 481 g/mol. The SMILES string of the molecule is COC(=O)c1ccc2c(c1)NC(=O)/C2=C(\Nc1ccc(C(N)C2CCCCC2)cc1)c1ccccc1. The molecule has 1 heterocycles. The summed E-state index contributed by atoms with van der Waals surface area (Å²) in [5.41, 5.74) is 12.4. The first kappa shape index (κ1) is 23.8. The van der Waals surface area contributed by atoms with Gasteiger partial charge in [-0.2, -0.15) is 0 Å². The first-order chi connectivity index (χ1) is 17.5. The zero-order valence-corrected chi connectivity index (χ0v) is 20.4. The zero-order chi connectivity index (χ0) is 25.1. The lowest BCUT2D eigenvalue weighted by molar-refractivity contribution is -0.110. The quantitative estimate of drug-likeness (QED) is 0.297. The highest BCUT2D eigenvalue weighted by atomic mass is 16.5. The molecule has 5 rings (SSSR count). The molecule has 1 atom stereocenters. The topological polar surface area (TPSA) is 93.4 Å². The highest BCUT2D eigenvalue weighted by Crippen LogP contribution is 2.38. The van der Waals surface area contributed by atoms with Gasteiger partial charge in [0.1, 0.15) is 0 Å². The van der Waals surface area contributed by atoms with Crippen molar-refractivity contribution in [3.8, 4) is 0 Å². The molecule has 3 aromatic rings. The van der Waals surface area contributed by atoms with Crippen molar-refractivity contribution in [2.45, 2.75) is 38.1 Å². The van der Waals surface area contributed by atoms with Crippen LogP contribution in [-0.2, 0) is 9.53 Å². The summed E-state index contributed by atoms with van der Waals surface area (Å²) in [5.74, 6) is -0.139. The van der Waals surface area contributed by atoms with Crippen LogP contribution in [0.5, 0.6) is 0 Å². The molecule has 184 valence electrons. The predicted molar refractivity (Wildman–Crippen MR) is 143 cm³/mol. The van der Waals surface area contributed by atoms with Gasteiger partial charge in [-0.3, -0.25) is 4.79 Å². The standard InChI is InChI=1S/C30H31N3O3/c1-36-30(35)22-14-17-24-25(18-22)33-29(34)26(24)28(21-10-6-3-7-11-21)32-23-15-12-20(13-16-23)27(31)19-8-4-2-5-9-19/h3,6-7,10-19,27,32H,2,4-5,8-9,31H2,1H3,(H,33,34)/b28-26-. The van der Waals surface area contributed by atoms with Crippen molar-refractivity contribution in [3.63, 3.8) is 0 Å². The van der Waals surface area contributed by atoms with Gasteiger partial charge in [-0.05, 0) is 54.2 Å². The molecule has 2 aliphatic rings. The molecule has 0 aromatic heterocycles. The second kappa shape index (κ2) is 10.4. The average Bonchev–Trinajstić information content (AvgIpc) is 3.26. The molecular formula is C30H31N3O3. The van der Waals surface area contributed by atoms with Gasteiger partial charge in [-0.15, -0.1) is 0 Å². The summed E-state index contributed by atoms with van der Waals surface area (Å²) in [6.45, 7) is 0. The van der Waals surface area contributed by atoms with Crippen LogP contribution in [0.2, 0.25) is 0 Å². The molecule has 1 unspecified atom stereocenters. The molecular weight excluding hydrogens is 450 g/mol. The highest BCUT2D eigenvalue weighted by molar-refractivity contribution is 6.37. The number of ether oxygens (including phenoxy) is 1. The van der Waals surface area contributed by atoms with E-state index in [0.29, 0.717) is 28.4 Å². The number of esters is 1. The Labute approximate surface area is 211 Å². The van der Waals surface area contributed by atoms with Crippen molar-refractivity contribution < 1.29 is 14.3 Å². The second-order valence-electron chi connectivity index (χ2n) is 9.49. The van der Waals surface area contributed by atoms with E-state index in [1.807, 2.05) is 42.5 Å². The van der Waals surface area contributed by atoms with Crippen molar-refractivity contribution in [1.29, 1.82) is 0 Å². The minimum absolute atomic E-state index is 0.0443. The maximum absolute atomic E-state index is 13.2. The average molecular weight is 482 g/mol. The fraction of sp³-hybridized carbons (Fsp3) is 0.267. The van der Waals surface area contributed by atoms with Crippen LogP contribution in [-0.4, -0.2) is 19.0 Å². The lowest BCUT2D eigenvalue weighted by Gasteiger charge is -2.28. The van der Waals surface area contributed by atoms with Crippen molar-refractivity contribution in [1.82, 2.24) is 0 Å². The molecule has 6 heteroatoms. The van der Waals surface area contributed by atoms with Gasteiger partial charge in [0.25, 0.3) is 5.91 Å². The van der Waals surface area contributed by atoms with Gasteiger partial charge < -0.3 is 21.1 Å². The number of carbonyl (C=O) groups excluding carboxylic acids is 2. The normalized spacial score (nSPS) is 17.7. The number of amides is 1. The Morgan fingerprint density at radius 1 is 0.972 bits per heavy atom. The largest absolute Gasteiger partial charge is 0.465 e. The first-order valence-electron chi connectivity index (χ1n) is 12.5. The summed E-state index contributed by atoms with van der Waals surface area (Å²) >= 11 is 0. The van der Waals surface area contributed by atoms with Crippen molar-refractivity contribution >= 4 is 34.5 Å². The minimum atomic E-state index is -0.447. The lowest BCUT2D eigenvalue weighted by atomic mass is 9.81. The zero-order valence-electron chi connectivity index (χ0n) is 20.4. The summed E-state index contributed by atoms with van der Waals surface area (Å²) in [7, 11) is 1.34. The van der Waals surface area contributed by atoms with Crippen LogP contribution in [0.25, 0.3) is 11.3 Å².